The van der Waals surface area contributed by atoms with Gasteiger partial charge in [0.15, 0.2) is 0 Å². The van der Waals surface area contributed by atoms with Crippen LogP contribution in [0.25, 0.3) is 0 Å². The van der Waals surface area contributed by atoms with Gasteiger partial charge in [0.05, 0.1) is 33.1 Å². The van der Waals surface area contributed by atoms with E-state index >= 15 is 0 Å². The van der Waals surface area contributed by atoms with E-state index in [4.69, 9.17) is 11.5 Å². The van der Waals surface area contributed by atoms with Crippen LogP contribution in [0.4, 0.5) is 5.69 Å². The van der Waals surface area contributed by atoms with Gasteiger partial charge in [0.1, 0.15) is 5.56 Å². The maximum Gasteiger partial charge on any atom is 0.212 e. The number of nitrogens with one attached hydrogen (secondary N) is 1. The van der Waals surface area contributed by atoms with Crippen molar-refractivity contribution >= 4 is 33.2 Å². The van der Waals surface area contributed by atoms with Crippen molar-refractivity contribution in [1.82, 2.24) is 0 Å². The minimum absolute atomic E-state index is 0.143. The zero-order valence-electron chi connectivity index (χ0n) is 12.9. The van der Waals surface area contributed by atoms with Gasteiger partial charge in [0, 0.05) is 30.8 Å². The third-order valence-corrected chi connectivity index (χ3v) is 4.41. The minimum Gasteiger partial charge on any atom is -0.398 e. The lowest BCUT2D eigenvalue weighted by Crippen LogP contribution is -2.30. The van der Waals surface area contributed by atoms with Crippen LogP contribution >= 0.6 is 15.9 Å². The third-order valence-electron chi connectivity index (χ3n) is 3.82. The van der Waals surface area contributed by atoms with E-state index in [9.17, 15) is 9.59 Å². The summed E-state index contributed by atoms with van der Waals surface area (Å²) in [6.07, 6.45) is 4.86. The molecule has 1 aromatic rings. The standard InChI is InChI=1S/C18H14BrN3O2/c1-2-9-4-3-5-10(6-9)22-14-8-13(21)15-16(18(14)24)12(20)7-11(19)17(15)23/h2-8H,1H3,(H4-,20,21,22,23,24)/p+1. The first-order valence-electron chi connectivity index (χ1n) is 7.27. The molecule has 24 heavy (non-hydrogen) atoms. The molecule has 2 aliphatic carbocycles. The van der Waals surface area contributed by atoms with Gasteiger partial charge in [-0.05, 0) is 40.2 Å². The van der Waals surface area contributed by atoms with Gasteiger partial charge in [0.2, 0.25) is 11.6 Å². The average Bonchev–Trinajstić information content (AvgIpc) is 2.55. The predicted molar refractivity (Wildman–Crippen MR) is 96.7 cm³/mol. The number of benzene rings is 1. The molecule has 120 valence electrons. The summed E-state index contributed by atoms with van der Waals surface area (Å²) >= 11 is 3.14. The van der Waals surface area contributed by atoms with Crippen LogP contribution in [-0.2, 0) is 9.59 Å². The number of fused-ring (bicyclic) bond motifs is 1. The maximum atomic E-state index is 12.8. The number of nitrogens with two attached hydrogens (primary N) is 2. The highest BCUT2D eigenvalue weighted by molar-refractivity contribution is 9.12. The Labute approximate surface area is 147 Å². The second-order valence-electron chi connectivity index (χ2n) is 5.41. The number of rotatable bonds is 3. The second-order valence-corrected chi connectivity index (χ2v) is 6.26. The van der Waals surface area contributed by atoms with Crippen LogP contribution in [0.2, 0.25) is 0 Å². The molecule has 5 nitrogen and oxygen atoms in total. The topological polar surface area (TPSA) is 98.2 Å². The van der Waals surface area contributed by atoms with Gasteiger partial charge < -0.3 is 16.8 Å². The number of carbonyl (C=O) groups is 2. The van der Waals surface area contributed by atoms with Crippen LogP contribution in [0.1, 0.15) is 12.5 Å². The average molecular weight is 385 g/mol. The van der Waals surface area contributed by atoms with Gasteiger partial charge in [-0.25, -0.2) is 0 Å². The van der Waals surface area contributed by atoms with Crippen LogP contribution in [0.3, 0.4) is 0 Å². The summed E-state index contributed by atoms with van der Waals surface area (Å²) < 4.78 is 0.283. The van der Waals surface area contributed by atoms with Gasteiger partial charge in [-0.1, -0.05) is 0 Å². The molecule has 0 atom stereocenters. The van der Waals surface area contributed by atoms with E-state index in [0.29, 0.717) is 0 Å². The second kappa shape index (κ2) is 6.05. The van der Waals surface area contributed by atoms with Crippen molar-refractivity contribution < 1.29 is 9.59 Å². The summed E-state index contributed by atoms with van der Waals surface area (Å²) in [6.45, 7) is 1.93. The molecule has 5 N–H and O–H groups in total. The molecule has 0 heterocycles. The van der Waals surface area contributed by atoms with Crippen LogP contribution < -0.4 is 16.8 Å². The first kappa shape index (κ1) is 16.1. The quantitative estimate of drug-likeness (QED) is 0.695. The fourth-order valence-electron chi connectivity index (χ4n) is 2.64. The molecule has 0 aromatic heterocycles. The van der Waals surface area contributed by atoms with Crippen molar-refractivity contribution in [2.24, 2.45) is 11.5 Å². The van der Waals surface area contributed by atoms with Gasteiger partial charge in [-0.2, -0.15) is 0 Å². The normalized spacial score (nSPS) is 17.4. The van der Waals surface area contributed by atoms with E-state index in [0.717, 1.165) is 11.3 Å². The number of hydrogen-bond acceptors (Lipinski definition) is 5. The van der Waals surface area contributed by atoms with E-state index in [1.807, 2.05) is 37.6 Å². The highest BCUT2D eigenvalue weighted by atomic mass is 79.9. The first-order chi connectivity index (χ1) is 11.4. The summed E-state index contributed by atoms with van der Waals surface area (Å²) in [5.41, 5.74) is 14.7. The summed E-state index contributed by atoms with van der Waals surface area (Å²) in [5, 5.41) is 3.06. The zero-order chi connectivity index (χ0) is 17.4. The smallest absolute Gasteiger partial charge is 0.212 e. The Bertz CT molecular complexity index is 891. The van der Waals surface area contributed by atoms with Crippen LogP contribution in [0, 0.1) is 6.42 Å². The molecule has 0 amide bonds. The number of carbonyl (C=O) groups excluding carboxylic acids is 2. The van der Waals surface area contributed by atoms with Gasteiger partial charge in [0.25, 0.3) is 0 Å². The van der Waals surface area contributed by atoms with Gasteiger partial charge in [-0.3, -0.25) is 9.59 Å². The molecule has 0 radical (unpaired) electrons. The Morgan fingerprint density at radius 1 is 1.04 bits per heavy atom. The Hall–Kier alpha value is -2.73. The molecule has 0 fully saturated rings. The number of anilines is 1. The maximum absolute atomic E-state index is 12.8. The minimum atomic E-state index is -0.354. The van der Waals surface area contributed by atoms with E-state index < -0.39 is 0 Å². The lowest BCUT2D eigenvalue weighted by molar-refractivity contribution is -0.114. The number of halogens is 1. The monoisotopic (exact) mass is 384 g/mol. The Kier molecular flexibility index (Phi) is 4.07. The highest BCUT2D eigenvalue weighted by Gasteiger charge is 2.35. The van der Waals surface area contributed by atoms with Crippen molar-refractivity contribution in [1.29, 1.82) is 0 Å². The molecule has 0 aliphatic heterocycles. The number of Topliss-reactive ketones (excluding diaryl/α,β-unsaturated/α-hetero) is 2. The molecule has 3 rings (SSSR count). The molecular weight excluding hydrogens is 370 g/mol. The van der Waals surface area contributed by atoms with Crippen molar-refractivity contribution in [3.05, 3.63) is 81.1 Å². The zero-order valence-corrected chi connectivity index (χ0v) is 14.5. The van der Waals surface area contributed by atoms with Crippen LogP contribution in [0.15, 0.2) is 69.1 Å². The highest BCUT2D eigenvalue weighted by Crippen LogP contribution is 2.34. The van der Waals surface area contributed by atoms with E-state index in [1.165, 1.54) is 12.2 Å². The molecule has 2 aliphatic rings. The molecular formula is C18H15BrN3O2+. The fourth-order valence-corrected chi connectivity index (χ4v) is 3.09. The molecule has 0 saturated carbocycles. The van der Waals surface area contributed by atoms with Crippen LogP contribution in [-0.4, -0.2) is 11.6 Å². The molecule has 6 heteroatoms. The lowest BCUT2D eigenvalue weighted by atomic mass is 9.85. The van der Waals surface area contributed by atoms with Crippen molar-refractivity contribution in [2.75, 3.05) is 5.32 Å². The molecule has 0 spiro atoms. The van der Waals surface area contributed by atoms with Crippen molar-refractivity contribution in [3.63, 3.8) is 0 Å². The molecule has 0 bridgehead atoms. The van der Waals surface area contributed by atoms with E-state index in [-0.39, 0.29) is 44.3 Å². The van der Waals surface area contributed by atoms with E-state index in [1.54, 1.807) is 0 Å². The predicted octanol–water partition coefficient (Wildman–Crippen LogP) is 2.42. The number of hydrogen-bond donors (Lipinski definition) is 3. The number of allylic oxidation sites excluding steroid dienone is 5. The molecule has 0 unspecified atom stereocenters. The third kappa shape index (κ3) is 2.65. The summed E-state index contributed by atoms with van der Waals surface area (Å²) in [5.74, 6) is -0.699. The first-order valence-corrected chi connectivity index (χ1v) is 8.06. The summed E-state index contributed by atoms with van der Waals surface area (Å²) in [6, 6.07) is 7.59. The summed E-state index contributed by atoms with van der Waals surface area (Å²) in [4.78, 5) is 25.0. The van der Waals surface area contributed by atoms with Crippen molar-refractivity contribution in [3.8, 4) is 0 Å². The van der Waals surface area contributed by atoms with Gasteiger partial charge in [-0.15, -0.1) is 0 Å². The largest absolute Gasteiger partial charge is 0.398 e. The number of ketones is 2. The fraction of sp³-hybridized carbons (Fsp3) is 0.0556. The Morgan fingerprint density at radius 3 is 2.42 bits per heavy atom. The summed E-state index contributed by atoms with van der Waals surface area (Å²) in [7, 11) is 0. The molecule has 0 saturated heterocycles. The molecule has 1 aromatic carbocycles. The Morgan fingerprint density at radius 2 is 1.71 bits per heavy atom. The van der Waals surface area contributed by atoms with Crippen molar-refractivity contribution in [2.45, 2.75) is 6.92 Å². The Balaban J connectivity index is 2.03. The van der Waals surface area contributed by atoms with Crippen LogP contribution in [0.5, 0.6) is 0 Å². The van der Waals surface area contributed by atoms with Gasteiger partial charge >= 0.3 is 0 Å². The van der Waals surface area contributed by atoms with E-state index in [2.05, 4.69) is 21.2 Å². The lowest BCUT2D eigenvalue weighted by Gasteiger charge is -2.23. The SMILES string of the molecule is C[CH+]c1cccc(NC2=CC(N)=C3C(=O)C(Br)=CC(N)=C3C2=O)c1.